The third-order valence-corrected chi connectivity index (χ3v) is 3.25. The molecule has 0 aliphatic heterocycles. The van der Waals surface area contributed by atoms with Crippen molar-refractivity contribution in [2.45, 2.75) is 39.7 Å². The maximum absolute atomic E-state index is 11.6. The molecule has 1 atom stereocenters. The van der Waals surface area contributed by atoms with Crippen molar-refractivity contribution in [1.82, 2.24) is 10.6 Å². The van der Waals surface area contributed by atoms with Gasteiger partial charge in [0.2, 0.25) is 0 Å². The molecule has 0 heterocycles. The quantitative estimate of drug-likeness (QED) is 0.748. The Labute approximate surface area is 121 Å². The lowest BCUT2D eigenvalue weighted by Crippen LogP contribution is -2.39. The molecule has 3 N–H and O–H groups in total. The van der Waals surface area contributed by atoms with E-state index in [2.05, 4.69) is 10.6 Å². The molecule has 20 heavy (non-hydrogen) atoms. The van der Waals surface area contributed by atoms with Crippen LogP contribution in [0.2, 0.25) is 0 Å². The monoisotopic (exact) mass is 278 g/mol. The Morgan fingerprint density at radius 3 is 2.35 bits per heavy atom. The first-order valence-electron chi connectivity index (χ1n) is 7.13. The summed E-state index contributed by atoms with van der Waals surface area (Å²) in [5, 5.41) is 15.4. The fraction of sp³-hybridized carbons (Fsp3) is 0.562. The molecule has 0 unspecified atom stereocenters. The van der Waals surface area contributed by atoms with Crippen molar-refractivity contribution in [1.29, 1.82) is 0 Å². The number of hydrogen-bond donors (Lipinski definition) is 3. The second-order valence-corrected chi connectivity index (χ2v) is 6.09. The lowest BCUT2D eigenvalue weighted by molar-refractivity contribution is 0.0564. The zero-order chi connectivity index (χ0) is 15.0. The SMILES string of the molecule is CC(C)(C)[C@@H](O)CCNC(=O)NCCc1ccccc1. The van der Waals surface area contributed by atoms with Crippen LogP contribution < -0.4 is 10.6 Å². The van der Waals surface area contributed by atoms with Gasteiger partial charge in [-0.1, -0.05) is 51.1 Å². The molecule has 0 saturated heterocycles. The van der Waals surface area contributed by atoms with E-state index in [1.165, 1.54) is 5.56 Å². The van der Waals surface area contributed by atoms with Crippen molar-refractivity contribution in [2.24, 2.45) is 5.41 Å². The summed E-state index contributed by atoms with van der Waals surface area (Å²) >= 11 is 0. The van der Waals surface area contributed by atoms with E-state index in [1.807, 2.05) is 51.1 Å². The van der Waals surface area contributed by atoms with Crippen LogP contribution in [0.1, 0.15) is 32.8 Å². The van der Waals surface area contributed by atoms with Gasteiger partial charge in [-0.05, 0) is 23.8 Å². The highest BCUT2D eigenvalue weighted by Gasteiger charge is 2.21. The molecule has 1 rings (SSSR count). The first-order chi connectivity index (χ1) is 9.39. The molecule has 0 aliphatic rings. The standard InChI is InChI=1S/C16H26N2O2/c1-16(2,3)14(19)10-12-18-15(20)17-11-9-13-7-5-4-6-8-13/h4-8,14,19H,9-12H2,1-3H3,(H2,17,18,20)/t14-/m0/s1. The van der Waals surface area contributed by atoms with E-state index < -0.39 is 6.10 Å². The van der Waals surface area contributed by atoms with Gasteiger partial charge in [0.05, 0.1) is 6.10 Å². The number of nitrogens with one attached hydrogen (secondary N) is 2. The van der Waals surface area contributed by atoms with Crippen molar-refractivity contribution < 1.29 is 9.90 Å². The highest BCUT2D eigenvalue weighted by molar-refractivity contribution is 5.73. The van der Waals surface area contributed by atoms with Gasteiger partial charge in [0.1, 0.15) is 0 Å². The first-order valence-corrected chi connectivity index (χ1v) is 7.13. The van der Waals surface area contributed by atoms with Gasteiger partial charge >= 0.3 is 6.03 Å². The van der Waals surface area contributed by atoms with Crippen LogP contribution in [0.15, 0.2) is 30.3 Å². The highest BCUT2D eigenvalue weighted by atomic mass is 16.3. The lowest BCUT2D eigenvalue weighted by atomic mass is 9.87. The van der Waals surface area contributed by atoms with Gasteiger partial charge in [-0.2, -0.15) is 0 Å². The number of urea groups is 1. The van der Waals surface area contributed by atoms with E-state index in [4.69, 9.17) is 0 Å². The molecule has 0 aromatic heterocycles. The number of carbonyl (C=O) groups excluding carboxylic acids is 1. The molecule has 1 aromatic rings. The van der Waals surface area contributed by atoms with Crippen molar-refractivity contribution in [3.8, 4) is 0 Å². The molecule has 0 saturated carbocycles. The van der Waals surface area contributed by atoms with Crippen molar-refractivity contribution >= 4 is 6.03 Å². The van der Waals surface area contributed by atoms with Gasteiger partial charge in [0, 0.05) is 13.1 Å². The molecular weight excluding hydrogens is 252 g/mol. The molecule has 0 spiro atoms. The molecular formula is C16H26N2O2. The van der Waals surface area contributed by atoms with E-state index in [0.717, 1.165) is 6.42 Å². The largest absolute Gasteiger partial charge is 0.393 e. The number of carbonyl (C=O) groups is 1. The summed E-state index contributed by atoms with van der Waals surface area (Å²) in [5.41, 5.74) is 1.06. The Hall–Kier alpha value is -1.55. The molecule has 2 amide bonds. The molecule has 4 nitrogen and oxygen atoms in total. The van der Waals surface area contributed by atoms with Gasteiger partial charge in [0.25, 0.3) is 0 Å². The number of rotatable bonds is 6. The third-order valence-electron chi connectivity index (χ3n) is 3.25. The molecule has 0 radical (unpaired) electrons. The summed E-state index contributed by atoms with van der Waals surface area (Å²) in [6.07, 6.45) is 0.973. The van der Waals surface area contributed by atoms with Crippen LogP contribution in [0.25, 0.3) is 0 Å². The summed E-state index contributed by atoms with van der Waals surface area (Å²) in [6, 6.07) is 9.86. The number of hydrogen-bond acceptors (Lipinski definition) is 2. The highest BCUT2D eigenvalue weighted by Crippen LogP contribution is 2.20. The van der Waals surface area contributed by atoms with E-state index in [-0.39, 0.29) is 11.4 Å². The lowest BCUT2D eigenvalue weighted by Gasteiger charge is -2.25. The van der Waals surface area contributed by atoms with Gasteiger partial charge in [-0.25, -0.2) is 4.79 Å². The van der Waals surface area contributed by atoms with Crippen LogP contribution in [0.3, 0.4) is 0 Å². The number of aliphatic hydroxyl groups is 1. The Morgan fingerprint density at radius 1 is 1.15 bits per heavy atom. The van der Waals surface area contributed by atoms with Gasteiger partial charge in [-0.3, -0.25) is 0 Å². The maximum atomic E-state index is 11.6. The maximum Gasteiger partial charge on any atom is 0.314 e. The van der Waals surface area contributed by atoms with Crippen molar-refractivity contribution in [3.63, 3.8) is 0 Å². The minimum absolute atomic E-state index is 0.147. The molecule has 1 aromatic carbocycles. The second kappa shape index (κ2) is 7.90. The topological polar surface area (TPSA) is 61.4 Å². The molecule has 0 fully saturated rings. The smallest absolute Gasteiger partial charge is 0.314 e. The van der Waals surface area contributed by atoms with E-state index in [9.17, 15) is 9.90 Å². The van der Waals surface area contributed by atoms with Gasteiger partial charge < -0.3 is 15.7 Å². The number of amides is 2. The first kappa shape index (κ1) is 16.5. The summed E-state index contributed by atoms with van der Waals surface area (Å²) in [6.45, 7) is 7.04. The van der Waals surface area contributed by atoms with Gasteiger partial charge in [0.15, 0.2) is 0 Å². The fourth-order valence-electron chi connectivity index (χ4n) is 1.78. The predicted octanol–water partition coefficient (Wildman–Crippen LogP) is 2.33. The Balaban J connectivity index is 2.12. The second-order valence-electron chi connectivity index (χ2n) is 6.09. The minimum atomic E-state index is -0.410. The Kier molecular flexibility index (Phi) is 6.52. The average Bonchev–Trinajstić information content (AvgIpc) is 2.38. The third kappa shape index (κ3) is 6.57. The van der Waals surface area contributed by atoms with E-state index in [0.29, 0.717) is 19.5 Å². The predicted molar refractivity (Wildman–Crippen MR) is 81.6 cm³/mol. The molecule has 4 heteroatoms. The average molecular weight is 278 g/mol. The summed E-state index contributed by atoms with van der Waals surface area (Å²) < 4.78 is 0. The fourth-order valence-corrected chi connectivity index (χ4v) is 1.78. The van der Waals surface area contributed by atoms with Crippen LogP contribution in [0.4, 0.5) is 4.79 Å². The summed E-state index contributed by atoms with van der Waals surface area (Å²) in [5.74, 6) is 0. The van der Waals surface area contributed by atoms with Crippen LogP contribution in [-0.2, 0) is 6.42 Å². The van der Waals surface area contributed by atoms with Crippen LogP contribution in [-0.4, -0.2) is 30.3 Å². The van der Waals surface area contributed by atoms with Crippen molar-refractivity contribution in [3.05, 3.63) is 35.9 Å². The number of benzene rings is 1. The van der Waals surface area contributed by atoms with Gasteiger partial charge in [-0.15, -0.1) is 0 Å². The minimum Gasteiger partial charge on any atom is -0.393 e. The Bertz CT molecular complexity index is 399. The zero-order valence-electron chi connectivity index (χ0n) is 12.6. The summed E-state index contributed by atoms with van der Waals surface area (Å²) in [7, 11) is 0. The van der Waals surface area contributed by atoms with Crippen LogP contribution in [0.5, 0.6) is 0 Å². The Morgan fingerprint density at radius 2 is 1.75 bits per heavy atom. The van der Waals surface area contributed by atoms with Crippen LogP contribution >= 0.6 is 0 Å². The number of aliphatic hydroxyl groups excluding tert-OH is 1. The van der Waals surface area contributed by atoms with E-state index in [1.54, 1.807) is 0 Å². The molecule has 0 aliphatic carbocycles. The summed E-state index contributed by atoms with van der Waals surface area (Å²) in [4.78, 5) is 11.6. The van der Waals surface area contributed by atoms with Crippen LogP contribution in [0, 0.1) is 5.41 Å². The van der Waals surface area contributed by atoms with E-state index >= 15 is 0 Å². The molecule has 112 valence electrons. The van der Waals surface area contributed by atoms with Crippen molar-refractivity contribution in [2.75, 3.05) is 13.1 Å². The zero-order valence-corrected chi connectivity index (χ0v) is 12.6. The normalized spacial score (nSPS) is 12.8. The molecule has 0 bridgehead atoms.